The summed E-state index contributed by atoms with van der Waals surface area (Å²) in [5, 5.41) is 9.60. The van der Waals surface area contributed by atoms with Gasteiger partial charge in [-0.3, -0.25) is 14.5 Å². The highest BCUT2D eigenvalue weighted by Crippen LogP contribution is 2.28. The Kier molecular flexibility index (Phi) is 12.5. The van der Waals surface area contributed by atoms with Gasteiger partial charge in [0.25, 0.3) is 5.56 Å². The number of hydrogen-bond donors (Lipinski definition) is 2. The maximum Gasteiger partial charge on any atom is 0.510 e. The lowest BCUT2D eigenvalue weighted by atomic mass is 9.89. The number of urea groups is 1. The summed E-state index contributed by atoms with van der Waals surface area (Å²) in [6.07, 6.45) is 7.06. The molecule has 3 aliphatic rings. The average molecular weight is 795 g/mol. The van der Waals surface area contributed by atoms with Gasteiger partial charge in [0.2, 0.25) is 5.91 Å². The van der Waals surface area contributed by atoms with Crippen LogP contribution in [-0.4, -0.2) is 130 Å². The number of likely N-dealkylation sites (tertiary alicyclic amines) is 2. The van der Waals surface area contributed by atoms with E-state index in [1.54, 1.807) is 35.7 Å². The van der Waals surface area contributed by atoms with Crippen LogP contribution < -0.4 is 10.9 Å². The zero-order valence-electron chi connectivity index (χ0n) is 34.4. The first-order chi connectivity index (χ1) is 27.9. The second-order valence-corrected chi connectivity index (χ2v) is 16.9. The molecule has 310 valence electrons. The molecule has 0 bridgehead atoms. The van der Waals surface area contributed by atoms with Crippen LogP contribution in [0.15, 0.2) is 66.1 Å². The highest BCUT2D eigenvalue weighted by atomic mass is 16.7. The molecule has 58 heavy (non-hydrogen) atoms. The smallest absolute Gasteiger partial charge is 0.428 e. The van der Waals surface area contributed by atoms with Gasteiger partial charge in [0.1, 0.15) is 11.6 Å². The molecule has 1 atom stereocenters. The highest BCUT2D eigenvalue weighted by Gasteiger charge is 2.34. The number of carbonyl (C=O) groups excluding carboxylic acids is 3. The Morgan fingerprint density at radius 1 is 0.966 bits per heavy atom. The van der Waals surface area contributed by atoms with E-state index in [1.807, 2.05) is 54.3 Å². The minimum Gasteiger partial charge on any atom is -0.428 e. The number of nitrogens with one attached hydrogen (secondary N) is 2. The van der Waals surface area contributed by atoms with Crippen molar-refractivity contribution >= 4 is 39.9 Å². The molecule has 3 fully saturated rings. The molecule has 2 aromatic heterocycles. The quantitative estimate of drug-likeness (QED) is 0.151. The van der Waals surface area contributed by atoms with Crippen LogP contribution in [-0.2, 0) is 27.4 Å². The molecule has 0 unspecified atom stereocenters. The molecule has 5 heterocycles. The van der Waals surface area contributed by atoms with E-state index in [2.05, 4.69) is 38.8 Å². The van der Waals surface area contributed by atoms with E-state index in [4.69, 9.17) is 9.47 Å². The minimum atomic E-state index is -0.792. The van der Waals surface area contributed by atoms with Crippen molar-refractivity contribution in [2.45, 2.75) is 89.6 Å². The Labute approximate surface area is 340 Å². The van der Waals surface area contributed by atoms with Crippen LogP contribution in [0.1, 0.15) is 68.6 Å². The molecule has 0 saturated carbocycles. The summed E-state index contributed by atoms with van der Waals surface area (Å²) in [6, 6.07) is 13.2. The van der Waals surface area contributed by atoms with E-state index in [9.17, 15) is 19.2 Å². The largest absolute Gasteiger partial charge is 0.510 e. The number of nitrogens with zero attached hydrogens (tertiary/aromatic N) is 6. The van der Waals surface area contributed by atoms with E-state index >= 15 is 0 Å². The maximum atomic E-state index is 14.4. The van der Waals surface area contributed by atoms with Crippen molar-refractivity contribution in [2.75, 3.05) is 59.4 Å². The average Bonchev–Trinajstić information content (AvgIpc) is 3.63. The van der Waals surface area contributed by atoms with Crippen LogP contribution in [0.5, 0.6) is 0 Å². The van der Waals surface area contributed by atoms with Gasteiger partial charge in [-0.25, -0.2) is 14.3 Å². The molecule has 14 heteroatoms. The number of piperazine rings is 1. The predicted octanol–water partition coefficient (Wildman–Crippen LogP) is 5.39. The van der Waals surface area contributed by atoms with Gasteiger partial charge in [0.15, 0.2) is 6.73 Å². The number of ether oxygens (including phenoxy) is 2. The van der Waals surface area contributed by atoms with Gasteiger partial charge in [-0.1, -0.05) is 30.3 Å². The number of pyridine rings is 1. The van der Waals surface area contributed by atoms with Crippen molar-refractivity contribution in [1.82, 2.24) is 39.7 Å². The number of hydrogen-bond acceptors (Lipinski definition) is 9. The first kappa shape index (κ1) is 41.0. The topological polar surface area (TPSA) is 145 Å². The number of carbonyl (C=O) groups is 3. The van der Waals surface area contributed by atoms with Gasteiger partial charge in [-0.05, 0) is 107 Å². The molecule has 14 nitrogen and oxygen atoms in total. The van der Waals surface area contributed by atoms with Crippen LogP contribution in [0.3, 0.4) is 0 Å². The second kappa shape index (κ2) is 17.7. The van der Waals surface area contributed by atoms with Crippen molar-refractivity contribution in [2.24, 2.45) is 0 Å². The monoisotopic (exact) mass is 794 g/mol. The van der Waals surface area contributed by atoms with Crippen molar-refractivity contribution in [3.63, 3.8) is 0 Å². The lowest BCUT2D eigenvalue weighted by Gasteiger charge is -2.43. The normalized spacial score (nSPS) is 18.3. The number of para-hydroxylation sites is 1. The number of aromatic nitrogens is 3. The molecule has 2 aromatic carbocycles. The number of rotatable bonds is 11. The summed E-state index contributed by atoms with van der Waals surface area (Å²) in [5.74, 6) is -0.0554. The van der Waals surface area contributed by atoms with E-state index in [0.717, 1.165) is 77.5 Å². The summed E-state index contributed by atoms with van der Waals surface area (Å²) in [5.41, 5.74) is 3.27. The SMILES string of the molecule is C=CCC(C)(C)OC(=O)OCn1cc2cc(C[C@@H](NC(=O)N3CCC(c4cc5ccccc5[nH]c4=O)CC3)C(=O)N3CCN(C4CCN(C)CC4)CC3)cc(C)c2n1. The number of aryl methyl sites for hydroxylation is 1. The molecule has 7 rings (SSSR count). The van der Waals surface area contributed by atoms with Crippen LogP contribution in [0.25, 0.3) is 21.8 Å². The van der Waals surface area contributed by atoms with Gasteiger partial charge >= 0.3 is 12.2 Å². The van der Waals surface area contributed by atoms with Crippen LogP contribution in [0.4, 0.5) is 9.59 Å². The molecule has 2 N–H and O–H groups in total. The Bertz CT molecular complexity index is 2170. The fourth-order valence-electron chi connectivity index (χ4n) is 8.81. The first-order valence-electron chi connectivity index (χ1n) is 20.7. The molecular formula is C44H58N8O6. The third-order valence-corrected chi connectivity index (χ3v) is 12.1. The van der Waals surface area contributed by atoms with Crippen LogP contribution in [0, 0.1) is 6.92 Å². The maximum absolute atomic E-state index is 14.4. The van der Waals surface area contributed by atoms with Gasteiger partial charge in [-0.2, -0.15) is 5.10 Å². The van der Waals surface area contributed by atoms with E-state index in [1.165, 1.54) is 0 Å². The molecular weight excluding hydrogens is 737 g/mol. The van der Waals surface area contributed by atoms with Crippen molar-refractivity contribution in [1.29, 1.82) is 0 Å². The Balaban J connectivity index is 1.04. The highest BCUT2D eigenvalue weighted by molar-refractivity contribution is 5.88. The number of benzene rings is 2. The standard InChI is InChI=1S/C44H58N8O6/c1-6-15-44(3,4)58-43(56)57-29-52-28-34-25-31(24-30(2)39(34)47-52)26-38(41(54)50-22-20-49(21-23-50)35-13-16-48(5)17-14-35)46-42(55)51-18-11-32(12-19-51)36-27-33-9-7-8-10-37(33)45-40(36)53/h6-10,24-25,27-28,32,35,38H,1,11-23,26,29H2,2-5H3,(H,45,53)(H,46,55)/t38-/m1/s1. The Morgan fingerprint density at radius 2 is 1.69 bits per heavy atom. The zero-order chi connectivity index (χ0) is 41.0. The zero-order valence-corrected chi connectivity index (χ0v) is 34.4. The van der Waals surface area contributed by atoms with Crippen molar-refractivity contribution in [3.8, 4) is 0 Å². The van der Waals surface area contributed by atoms with Gasteiger partial charge in [-0.15, -0.1) is 6.58 Å². The molecule has 3 saturated heterocycles. The Hall–Kier alpha value is -5.21. The number of fused-ring (bicyclic) bond motifs is 2. The number of aromatic amines is 1. The fraction of sp³-hybridized carbons (Fsp3) is 0.523. The van der Waals surface area contributed by atoms with Gasteiger partial charge in [0, 0.05) is 80.8 Å². The molecule has 0 aliphatic carbocycles. The fourth-order valence-corrected chi connectivity index (χ4v) is 8.81. The molecule has 3 aliphatic heterocycles. The summed E-state index contributed by atoms with van der Waals surface area (Å²) in [6.45, 7) is 15.1. The van der Waals surface area contributed by atoms with E-state index in [-0.39, 0.29) is 30.1 Å². The summed E-state index contributed by atoms with van der Waals surface area (Å²) >= 11 is 0. The van der Waals surface area contributed by atoms with Crippen molar-refractivity contribution in [3.05, 3.63) is 88.4 Å². The third kappa shape index (κ3) is 9.72. The second-order valence-electron chi connectivity index (χ2n) is 16.9. The number of piperidine rings is 2. The summed E-state index contributed by atoms with van der Waals surface area (Å²) in [7, 11) is 2.17. The summed E-state index contributed by atoms with van der Waals surface area (Å²) in [4.78, 5) is 65.4. The van der Waals surface area contributed by atoms with E-state index in [0.29, 0.717) is 57.9 Å². The molecule has 4 aromatic rings. The van der Waals surface area contributed by atoms with Crippen LogP contribution in [0.2, 0.25) is 0 Å². The number of H-pyrrole nitrogens is 1. The lowest BCUT2D eigenvalue weighted by Crippen LogP contribution is -2.59. The van der Waals surface area contributed by atoms with Gasteiger partial charge < -0.3 is 34.5 Å². The Morgan fingerprint density at radius 3 is 2.41 bits per heavy atom. The van der Waals surface area contributed by atoms with Crippen molar-refractivity contribution < 1.29 is 23.9 Å². The van der Waals surface area contributed by atoms with Gasteiger partial charge in [0.05, 0.1) is 5.52 Å². The molecule has 3 amide bonds. The predicted molar refractivity (Wildman–Crippen MR) is 224 cm³/mol. The molecule has 0 radical (unpaired) electrons. The van der Waals surface area contributed by atoms with E-state index < -0.39 is 17.8 Å². The van der Waals surface area contributed by atoms with Crippen LogP contribution >= 0.6 is 0 Å². The molecule has 0 spiro atoms. The third-order valence-electron chi connectivity index (χ3n) is 12.1. The first-order valence-corrected chi connectivity index (χ1v) is 20.7. The lowest BCUT2D eigenvalue weighted by molar-refractivity contribution is -0.135. The minimum absolute atomic E-state index is 0.0338. The number of amides is 3. The summed E-state index contributed by atoms with van der Waals surface area (Å²) < 4.78 is 12.3.